The van der Waals surface area contributed by atoms with E-state index < -0.39 is 0 Å². The molecule has 0 saturated carbocycles. The SMILES string of the molecule is NCc1cn(Cc2nc(-c3cn[nH]n3)no2)nn1. The maximum atomic E-state index is 5.44. The van der Waals surface area contributed by atoms with Gasteiger partial charge in [0.05, 0.1) is 18.1 Å². The van der Waals surface area contributed by atoms with Crippen molar-refractivity contribution in [1.82, 2.24) is 40.5 Å². The van der Waals surface area contributed by atoms with Crippen molar-refractivity contribution in [1.29, 1.82) is 0 Å². The maximum absolute atomic E-state index is 5.44. The molecule has 0 radical (unpaired) electrons. The molecule has 0 aliphatic carbocycles. The molecule has 0 amide bonds. The fourth-order valence-electron chi connectivity index (χ4n) is 1.38. The van der Waals surface area contributed by atoms with E-state index in [4.69, 9.17) is 10.3 Å². The van der Waals surface area contributed by atoms with Gasteiger partial charge in [-0.15, -0.1) is 5.10 Å². The van der Waals surface area contributed by atoms with E-state index in [1.165, 1.54) is 6.20 Å². The Labute approximate surface area is 100 Å². The van der Waals surface area contributed by atoms with Crippen LogP contribution in [0.25, 0.3) is 11.5 Å². The normalized spacial score (nSPS) is 10.9. The van der Waals surface area contributed by atoms with E-state index in [1.54, 1.807) is 10.9 Å². The third-order valence-corrected chi connectivity index (χ3v) is 2.20. The number of hydrogen-bond acceptors (Lipinski definition) is 8. The number of aromatic nitrogens is 8. The summed E-state index contributed by atoms with van der Waals surface area (Å²) in [5, 5.41) is 21.5. The summed E-state index contributed by atoms with van der Waals surface area (Å²) in [5.41, 5.74) is 6.66. The monoisotopic (exact) mass is 247 g/mol. The second kappa shape index (κ2) is 4.33. The van der Waals surface area contributed by atoms with Gasteiger partial charge in [0.2, 0.25) is 11.7 Å². The highest BCUT2D eigenvalue weighted by molar-refractivity contribution is 5.44. The topological polar surface area (TPSA) is 137 Å². The lowest BCUT2D eigenvalue weighted by Gasteiger charge is -1.91. The third kappa shape index (κ3) is 1.96. The standard InChI is InChI=1S/C8H9N9O/c9-1-5-3-17(16-12-5)4-7-11-8(14-18-7)6-2-10-15-13-6/h2-3H,1,4,9H2,(H,10,13,15). The number of rotatable bonds is 4. The fourth-order valence-corrected chi connectivity index (χ4v) is 1.38. The van der Waals surface area contributed by atoms with Gasteiger partial charge in [-0.1, -0.05) is 10.4 Å². The Balaban J connectivity index is 1.77. The molecule has 0 saturated heterocycles. The molecule has 0 aromatic carbocycles. The van der Waals surface area contributed by atoms with Crippen LogP contribution < -0.4 is 5.73 Å². The van der Waals surface area contributed by atoms with E-state index in [0.29, 0.717) is 36.2 Å². The van der Waals surface area contributed by atoms with E-state index in [1.807, 2.05) is 0 Å². The first kappa shape index (κ1) is 10.5. The zero-order valence-corrected chi connectivity index (χ0v) is 9.19. The second-order valence-corrected chi connectivity index (χ2v) is 3.48. The Morgan fingerprint density at radius 1 is 1.44 bits per heavy atom. The Morgan fingerprint density at radius 2 is 2.39 bits per heavy atom. The molecule has 0 fully saturated rings. The second-order valence-electron chi connectivity index (χ2n) is 3.48. The van der Waals surface area contributed by atoms with Crippen LogP contribution in [0.15, 0.2) is 16.9 Å². The van der Waals surface area contributed by atoms with E-state index >= 15 is 0 Å². The van der Waals surface area contributed by atoms with Gasteiger partial charge >= 0.3 is 0 Å². The average Bonchev–Trinajstić information content (AvgIpc) is 3.10. The molecule has 18 heavy (non-hydrogen) atoms. The third-order valence-electron chi connectivity index (χ3n) is 2.20. The van der Waals surface area contributed by atoms with Gasteiger partial charge in [0.25, 0.3) is 0 Å². The highest BCUT2D eigenvalue weighted by atomic mass is 16.5. The van der Waals surface area contributed by atoms with Crippen LogP contribution in [0.3, 0.4) is 0 Å². The molecule has 0 aliphatic heterocycles. The van der Waals surface area contributed by atoms with Crippen molar-refractivity contribution in [3.8, 4) is 11.5 Å². The van der Waals surface area contributed by atoms with Crippen molar-refractivity contribution in [3.05, 3.63) is 24.0 Å². The fraction of sp³-hybridized carbons (Fsp3) is 0.250. The molecule has 3 N–H and O–H groups in total. The molecule has 3 heterocycles. The van der Waals surface area contributed by atoms with Gasteiger partial charge in [0.15, 0.2) is 5.69 Å². The van der Waals surface area contributed by atoms with E-state index in [-0.39, 0.29) is 0 Å². The first-order chi connectivity index (χ1) is 8.85. The van der Waals surface area contributed by atoms with Crippen molar-refractivity contribution in [2.45, 2.75) is 13.1 Å². The molecule has 3 aromatic heterocycles. The Morgan fingerprint density at radius 3 is 3.11 bits per heavy atom. The predicted molar refractivity (Wildman–Crippen MR) is 56.7 cm³/mol. The molecule has 10 heteroatoms. The largest absolute Gasteiger partial charge is 0.337 e. The van der Waals surface area contributed by atoms with Crippen LogP contribution in [-0.2, 0) is 13.1 Å². The van der Waals surface area contributed by atoms with Crippen LogP contribution in [0.2, 0.25) is 0 Å². The Hall–Kier alpha value is -2.62. The number of nitrogens with one attached hydrogen (secondary N) is 1. The summed E-state index contributed by atoms with van der Waals surface area (Å²) in [6, 6.07) is 0. The van der Waals surface area contributed by atoms with Crippen molar-refractivity contribution < 1.29 is 4.52 Å². The summed E-state index contributed by atoms with van der Waals surface area (Å²) in [6.07, 6.45) is 3.23. The quantitative estimate of drug-likeness (QED) is 0.595. The van der Waals surface area contributed by atoms with Gasteiger partial charge in [-0.2, -0.15) is 20.4 Å². The highest BCUT2D eigenvalue weighted by Gasteiger charge is 2.11. The molecular weight excluding hydrogens is 238 g/mol. The number of aromatic amines is 1. The molecule has 3 rings (SSSR count). The summed E-state index contributed by atoms with van der Waals surface area (Å²) in [6.45, 7) is 0.672. The Bertz CT molecular complexity index is 625. The first-order valence-corrected chi connectivity index (χ1v) is 5.13. The van der Waals surface area contributed by atoms with Gasteiger partial charge in [-0.25, -0.2) is 4.68 Å². The minimum atomic E-state index is 0.331. The maximum Gasteiger partial charge on any atom is 0.248 e. The molecule has 0 aliphatic rings. The predicted octanol–water partition coefficient (Wildman–Crippen LogP) is -1.05. The zero-order chi connectivity index (χ0) is 12.4. The molecule has 10 nitrogen and oxygen atoms in total. The summed E-state index contributed by atoms with van der Waals surface area (Å²) in [7, 11) is 0. The smallest absolute Gasteiger partial charge is 0.248 e. The number of nitrogens with zero attached hydrogens (tertiary/aromatic N) is 7. The van der Waals surface area contributed by atoms with Crippen molar-refractivity contribution in [2.75, 3.05) is 0 Å². The molecule has 0 spiro atoms. The van der Waals surface area contributed by atoms with Crippen molar-refractivity contribution in [2.24, 2.45) is 5.73 Å². The molecule has 0 unspecified atom stereocenters. The lowest BCUT2D eigenvalue weighted by molar-refractivity contribution is 0.364. The zero-order valence-electron chi connectivity index (χ0n) is 9.19. The van der Waals surface area contributed by atoms with Crippen LogP contribution in [-0.4, -0.2) is 40.5 Å². The van der Waals surface area contributed by atoms with Crippen molar-refractivity contribution in [3.63, 3.8) is 0 Å². The summed E-state index contributed by atoms with van der Waals surface area (Å²) in [4.78, 5) is 4.16. The van der Waals surface area contributed by atoms with Crippen LogP contribution >= 0.6 is 0 Å². The summed E-state index contributed by atoms with van der Waals surface area (Å²) >= 11 is 0. The van der Waals surface area contributed by atoms with E-state index in [2.05, 4.69) is 35.9 Å². The number of H-pyrrole nitrogens is 1. The van der Waals surface area contributed by atoms with E-state index in [0.717, 1.165) is 0 Å². The van der Waals surface area contributed by atoms with Crippen LogP contribution in [0.5, 0.6) is 0 Å². The lowest BCUT2D eigenvalue weighted by atomic mass is 10.4. The van der Waals surface area contributed by atoms with Gasteiger partial charge in [-0.05, 0) is 0 Å². The summed E-state index contributed by atoms with van der Waals surface area (Å²) in [5.74, 6) is 0.777. The minimum Gasteiger partial charge on any atom is -0.337 e. The minimum absolute atomic E-state index is 0.331. The molecule has 0 atom stereocenters. The van der Waals surface area contributed by atoms with Gasteiger partial charge < -0.3 is 10.3 Å². The molecule has 0 bridgehead atoms. The first-order valence-electron chi connectivity index (χ1n) is 5.13. The lowest BCUT2D eigenvalue weighted by Crippen LogP contribution is -2.00. The van der Waals surface area contributed by atoms with Crippen LogP contribution in [0, 0.1) is 0 Å². The number of hydrogen-bond donors (Lipinski definition) is 2. The highest BCUT2D eigenvalue weighted by Crippen LogP contribution is 2.10. The van der Waals surface area contributed by atoms with Crippen LogP contribution in [0.4, 0.5) is 0 Å². The van der Waals surface area contributed by atoms with E-state index in [9.17, 15) is 0 Å². The molecular formula is C8H9N9O. The Kier molecular flexibility index (Phi) is 2.53. The van der Waals surface area contributed by atoms with Gasteiger partial charge in [0, 0.05) is 6.54 Å². The van der Waals surface area contributed by atoms with Gasteiger partial charge in [0.1, 0.15) is 6.54 Å². The molecule has 3 aromatic rings. The van der Waals surface area contributed by atoms with Crippen LogP contribution in [0.1, 0.15) is 11.6 Å². The van der Waals surface area contributed by atoms with Crippen molar-refractivity contribution >= 4 is 0 Å². The summed E-state index contributed by atoms with van der Waals surface area (Å²) < 4.78 is 6.64. The molecule has 92 valence electrons. The number of nitrogens with two attached hydrogens (primary N) is 1. The average molecular weight is 247 g/mol. The van der Waals surface area contributed by atoms with Gasteiger partial charge in [-0.3, -0.25) is 0 Å².